The summed E-state index contributed by atoms with van der Waals surface area (Å²) >= 11 is 0. The van der Waals surface area contributed by atoms with Crippen LogP contribution >= 0.6 is 7.26 Å². The highest BCUT2D eigenvalue weighted by Crippen LogP contribution is 2.58. The second-order valence-corrected chi connectivity index (χ2v) is 11.0. The topological polar surface area (TPSA) is 26.3 Å². The number of halogens is 1. The normalized spacial score (nSPS) is 10.8. The first-order chi connectivity index (χ1) is 15.2. The van der Waals surface area contributed by atoms with Crippen molar-refractivity contribution in [1.82, 2.24) is 0 Å². The van der Waals surface area contributed by atoms with Gasteiger partial charge in [-0.1, -0.05) is 78.9 Å². The first-order valence-corrected chi connectivity index (χ1v) is 12.4. The van der Waals surface area contributed by atoms with E-state index < -0.39 is 7.26 Å². The Hall–Kier alpha value is -2.74. The van der Waals surface area contributed by atoms with Crippen molar-refractivity contribution in [2.45, 2.75) is 12.6 Å². The summed E-state index contributed by atoms with van der Waals surface area (Å²) in [6.07, 6.45) is 1.22. The molecule has 0 spiro atoms. The van der Waals surface area contributed by atoms with E-state index in [2.05, 4.69) is 103 Å². The monoisotopic (exact) mass is 504 g/mol. The third-order valence-electron chi connectivity index (χ3n) is 5.61. The summed E-state index contributed by atoms with van der Waals surface area (Å²) in [5, 5.41) is 4.10. The number of ether oxygens (including phenoxy) is 1. The van der Waals surface area contributed by atoms with Crippen LogP contribution < -0.4 is 32.9 Å². The molecule has 162 valence electrons. The molecular formula is C28H26BrO2P. The van der Waals surface area contributed by atoms with Crippen LogP contribution in [0, 0.1) is 0 Å². The highest BCUT2D eigenvalue weighted by atomic mass is 79.9. The number of hydrogen-bond donors (Lipinski definition) is 0. The molecule has 0 unspecified atom stereocenters. The molecule has 0 fully saturated rings. The van der Waals surface area contributed by atoms with Crippen LogP contribution in [0.15, 0.2) is 115 Å². The fraction of sp³-hybridized carbons (Fsp3) is 0.107. The summed E-state index contributed by atoms with van der Waals surface area (Å²) < 4.78 is 4.81. The van der Waals surface area contributed by atoms with Crippen molar-refractivity contribution in [3.63, 3.8) is 0 Å². The smallest absolute Gasteiger partial charge is 0.309 e. The maximum absolute atomic E-state index is 11.6. The van der Waals surface area contributed by atoms with E-state index in [0.29, 0.717) is 6.42 Å². The standard InChI is InChI=1S/C28H26O2P.BrH/c1-30-28(29)21-23-17-19-24(20-18-23)22-31(25-11-5-2-6-12-25,26-13-7-3-8-14-26)27-15-9-4-10-16-27;/h2-20H,21-22H2,1H3;1H/q+1;/p-1. The molecule has 0 atom stereocenters. The van der Waals surface area contributed by atoms with Gasteiger partial charge in [0.1, 0.15) is 23.2 Å². The van der Waals surface area contributed by atoms with E-state index in [1.54, 1.807) is 0 Å². The highest BCUT2D eigenvalue weighted by Gasteiger charge is 2.45. The fourth-order valence-electron chi connectivity index (χ4n) is 4.04. The van der Waals surface area contributed by atoms with Gasteiger partial charge in [-0.3, -0.25) is 4.79 Å². The van der Waals surface area contributed by atoms with Crippen LogP contribution in [0.4, 0.5) is 0 Å². The van der Waals surface area contributed by atoms with Gasteiger partial charge >= 0.3 is 5.97 Å². The number of rotatable bonds is 7. The van der Waals surface area contributed by atoms with Crippen molar-refractivity contribution in [3.8, 4) is 0 Å². The van der Waals surface area contributed by atoms with E-state index in [1.165, 1.54) is 28.6 Å². The molecule has 0 aliphatic carbocycles. The second-order valence-electron chi connectivity index (χ2n) is 7.54. The van der Waals surface area contributed by atoms with Gasteiger partial charge in [0.15, 0.2) is 0 Å². The molecular weight excluding hydrogens is 479 g/mol. The lowest BCUT2D eigenvalue weighted by Gasteiger charge is -2.28. The van der Waals surface area contributed by atoms with Gasteiger partial charge in [0.25, 0.3) is 0 Å². The van der Waals surface area contributed by atoms with Crippen molar-refractivity contribution in [3.05, 3.63) is 126 Å². The molecule has 0 saturated carbocycles. The molecule has 4 heteroatoms. The average molecular weight is 505 g/mol. The quantitative estimate of drug-likeness (QED) is 0.284. The van der Waals surface area contributed by atoms with Gasteiger partial charge < -0.3 is 21.7 Å². The summed E-state index contributed by atoms with van der Waals surface area (Å²) in [7, 11) is -0.489. The Morgan fingerprint density at radius 3 is 1.38 bits per heavy atom. The van der Waals surface area contributed by atoms with Gasteiger partial charge in [0.2, 0.25) is 0 Å². The summed E-state index contributed by atoms with van der Waals surface area (Å²) in [6.45, 7) is 0. The minimum Gasteiger partial charge on any atom is -1.00 e. The first-order valence-electron chi connectivity index (χ1n) is 10.4. The zero-order chi connectivity index (χ0) is 21.5. The van der Waals surface area contributed by atoms with Crippen LogP contribution in [-0.4, -0.2) is 13.1 Å². The van der Waals surface area contributed by atoms with Gasteiger partial charge in [0.05, 0.1) is 19.7 Å². The Bertz CT molecular complexity index is 1020. The SMILES string of the molecule is COC(=O)Cc1ccc(C[P+](c2ccccc2)(c2ccccc2)c2ccccc2)cc1.[Br-]. The summed E-state index contributed by atoms with van der Waals surface area (Å²) in [4.78, 5) is 11.6. The molecule has 4 rings (SSSR count). The van der Waals surface area contributed by atoms with E-state index in [0.717, 1.165) is 11.7 Å². The molecule has 0 amide bonds. The number of esters is 1. The molecule has 2 nitrogen and oxygen atoms in total. The van der Waals surface area contributed by atoms with Crippen LogP contribution in [0.5, 0.6) is 0 Å². The summed E-state index contributed by atoms with van der Waals surface area (Å²) in [6, 6.07) is 41.0. The third kappa shape index (κ3) is 5.18. The molecule has 4 aromatic rings. The van der Waals surface area contributed by atoms with Gasteiger partial charge in [-0.15, -0.1) is 0 Å². The van der Waals surface area contributed by atoms with Crippen molar-refractivity contribution < 1.29 is 26.5 Å². The van der Waals surface area contributed by atoms with Crippen LogP contribution in [0.2, 0.25) is 0 Å². The average Bonchev–Trinajstić information content (AvgIpc) is 2.85. The molecule has 0 aliphatic heterocycles. The third-order valence-corrected chi connectivity index (χ3v) is 9.99. The number of hydrogen-bond acceptors (Lipinski definition) is 2. The van der Waals surface area contributed by atoms with Crippen molar-refractivity contribution in [2.24, 2.45) is 0 Å². The van der Waals surface area contributed by atoms with Crippen molar-refractivity contribution in [1.29, 1.82) is 0 Å². The predicted octanol–water partition coefficient (Wildman–Crippen LogP) is 1.90. The Morgan fingerprint density at radius 1 is 0.625 bits per heavy atom. The maximum Gasteiger partial charge on any atom is 0.309 e. The minimum absolute atomic E-state index is 0. The number of carbonyl (C=O) groups excluding carboxylic acids is 1. The van der Waals surface area contributed by atoms with Crippen molar-refractivity contribution in [2.75, 3.05) is 7.11 Å². The van der Waals surface area contributed by atoms with E-state index in [4.69, 9.17) is 4.74 Å². The van der Waals surface area contributed by atoms with Crippen molar-refractivity contribution >= 4 is 29.1 Å². The molecule has 0 N–H and O–H groups in total. The lowest BCUT2D eigenvalue weighted by atomic mass is 10.1. The Kier molecular flexibility index (Phi) is 8.39. The Labute approximate surface area is 201 Å². The predicted molar refractivity (Wildman–Crippen MR) is 131 cm³/mol. The highest BCUT2D eigenvalue weighted by molar-refractivity contribution is 7.95. The van der Waals surface area contributed by atoms with Crippen LogP contribution in [0.25, 0.3) is 0 Å². The van der Waals surface area contributed by atoms with Crippen LogP contribution in [0.3, 0.4) is 0 Å². The molecule has 0 aromatic heterocycles. The summed E-state index contributed by atoms with van der Waals surface area (Å²) in [5.74, 6) is -0.215. The molecule has 0 aliphatic rings. The van der Waals surface area contributed by atoms with E-state index >= 15 is 0 Å². The second kappa shape index (κ2) is 11.2. The van der Waals surface area contributed by atoms with Gasteiger partial charge in [0, 0.05) is 0 Å². The fourth-order valence-corrected chi connectivity index (χ4v) is 8.29. The van der Waals surface area contributed by atoms with Crippen LogP contribution in [-0.2, 0) is 22.1 Å². The van der Waals surface area contributed by atoms with Gasteiger partial charge in [-0.05, 0) is 47.5 Å². The molecule has 0 saturated heterocycles. The van der Waals surface area contributed by atoms with Gasteiger partial charge in [-0.2, -0.15) is 0 Å². The molecule has 0 heterocycles. The molecule has 0 bridgehead atoms. The van der Waals surface area contributed by atoms with E-state index in [1.807, 2.05) is 12.1 Å². The lowest BCUT2D eigenvalue weighted by molar-refractivity contribution is -0.139. The number of methoxy groups -OCH3 is 1. The maximum atomic E-state index is 11.6. The molecule has 0 radical (unpaired) electrons. The number of carbonyl (C=O) groups is 1. The largest absolute Gasteiger partial charge is 1.00 e. The Morgan fingerprint density at radius 2 is 1.00 bits per heavy atom. The zero-order valence-electron chi connectivity index (χ0n) is 18.0. The van der Waals surface area contributed by atoms with E-state index in [9.17, 15) is 4.79 Å². The van der Waals surface area contributed by atoms with Crippen LogP contribution in [0.1, 0.15) is 11.1 Å². The first kappa shape index (κ1) is 23.9. The summed E-state index contributed by atoms with van der Waals surface area (Å²) in [5.41, 5.74) is 2.23. The molecule has 4 aromatic carbocycles. The number of benzene rings is 4. The zero-order valence-corrected chi connectivity index (χ0v) is 20.5. The minimum atomic E-state index is -1.92. The Balaban J connectivity index is 0.00000289. The van der Waals surface area contributed by atoms with Gasteiger partial charge in [-0.25, -0.2) is 0 Å². The van der Waals surface area contributed by atoms with E-state index in [-0.39, 0.29) is 23.0 Å². The lowest BCUT2D eigenvalue weighted by Crippen LogP contribution is -3.00. The molecule has 32 heavy (non-hydrogen) atoms.